The maximum Gasteiger partial charge on any atom is 0.254 e. The van der Waals surface area contributed by atoms with Crippen molar-refractivity contribution in [2.24, 2.45) is 5.92 Å². The first-order chi connectivity index (χ1) is 13.5. The van der Waals surface area contributed by atoms with E-state index < -0.39 is 0 Å². The average molecular weight is 380 g/mol. The van der Waals surface area contributed by atoms with E-state index in [1.807, 2.05) is 24.8 Å². The Morgan fingerprint density at radius 1 is 1.07 bits per heavy atom. The Labute approximate surface area is 166 Å². The molecule has 2 heterocycles. The molecule has 1 aliphatic rings. The van der Waals surface area contributed by atoms with E-state index in [9.17, 15) is 9.59 Å². The number of carbonyl (C=O) groups excluding carboxylic acids is 2. The summed E-state index contributed by atoms with van der Waals surface area (Å²) < 4.78 is 0. The Morgan fingerprint density at radius 2 is 1.79 bits per heavy atom. The number of benzene rings is 1. The molecule has 0 saturated carbocycles. The fourth-order valence-electron chi connectivity index (χ4n) is 3.19. The molecule has 2 aromatic rings. The summed E-state index contributed by atoms with van der Waals surface area (Å²) in [5, 5.41) is 2.75. The number of hydrogen-bond donors (Lipinski definition) is 1. The van der Waals surface area contributed by atoms with Crippen molar-refractivity contribution in [2.45, 2.75) is 20.3 Å². The first-order valence-electron chi connectivity index (χ1n) is 9.85. The van der Waals surface area contributed by atoms with Crippen molar-refractivity contribution in [3.63, 3.8) is 0 Å². The molecule has 1 aliphatic heterocycles. The average Bonchev–Trinajstić information content (AvgIpc) is 2.73. The van der Waals surface area contributed by atoms with E-state index in [4.69, 9.17) is 0 Å². The zero-order chi connectivity index (χ0) is 19.9. The molecule has 1 fully saturated rings. The van der Waals surface area contributed by atoms with Crippen LogP contribution in [0.15, 0.2) is 48.7 Å². The van der Waals surface area contributed by atoms with E-state index in [0.29, 0.717) is 24.5 Å². The predicted octanol–water partition coefficient (Wildman–Crippen LogP) is 2.68. The van der Waals surface area contributed by atoms with Gasteiger partial charge in [-0.05, 0) is 24.1 Å². The number of aromatic nitrogens is 1. The second-order valence-corrected chi connectivity index (χ2v) is 7.44. The molecule has 148 valence electrons. The molecule has 0 bridgehead atoms. The van der Waals surface area contributed by atoms with Crippen LogP contribution in [-0.2, 0) is 11.2 Å². The molecular weight excluding hydrogens is 352 g/mol. The lowest BCUT2D eigenvalue weighted by Crippen LogP contribution is -2.49. The van der Waals surface area contributed by atoms with Crippen LogP contribution in [0, 0.1) is 5.92 Å². The summed E-state index contributed by atoms with van der Waals surface area (Å²) in [6.07, 6.45) is 2.59. The fraction of sp³-hybridized carbons (Fsp3) is 0.409. The first-order valence-corrected chi connectivity index (χ1v) is 9.85. The van der Waals surface area contributed by atoms with Crippen LogP contribution in [0.5, 0.6) is 0 Å². The highest BCUT2D eigenvalue weighted by atomic mass is 16.2. The highest BCUT2D eigenvalue weighted by Crippen LogP contribution is 2.13. The molecule has 6 nitrogen and oxygen atoms in total. The standard InChI is InChI=1S/C22H28N4O2/c1-17(2)21(27)24-20-16-19(8-10-23-20)22(28)26-14-12-25(13-15-26)11-9-18-6-4-3-5-7-18/h3-8,10,16-17H,9,11-15H2,1-2H3,(H,23,24,27). The molecule has 1 N–H and O–H groups in total. The van der Waals surface area contributed by atoms with E-state index in [2.05, 4.69) is 39.5 Å². The van der Waals surface area contributed by atoms with E-state index in [1.54, 1.807) is 18.3 Å². The van der Waals surface area contributed by atoms with Crippen molar-refractivity contribution in [3.05, 3.63) is 59.8 Å². The van der Waals surface area contributed by atoms with Crippen LogP contribution in [0.3, 0.4) is 0 Å². The van der Waals surface area contributed by atoms with E-state index in [-0.39, 0.29) is 17.7 Å². The number of hydrogen-bond acceptors (Lipinski definition) is 4. The summed E-state index contributed by atoms with van der Waals surface area (Å²) in [6, 6.07) is 13.8. The van der Waals surface area contributed by atoms with Gasteiger partial charge in [-0.3, -0.25) is 14.5 Å². The molecule has 2 amide bonds. The maximum atomic E-state index is 12.8. The van der Waals surface area contributed by atoms with Gasteiger partial charge in [-0.15, -0.1) is 0 Å². The number of nitrogens with zero attached hydrogens (tertiary/aromatic N) is 3. The van der Waals surface area contributed by atoms with Gasteiger partial charge in [0.2, 0.25) is 5.91 Å². The molecular formula is C22H28N4O2. The lowest BCUT2D eigenvalue weighted by molar-refractivity contribution is -0.118. The summed E-state index contributed by atoms with van der Waals surface area (Å²) in [4.78, 5) is 33.1. The SMILES string of the molecule is CC(C)C(=O)Nc1cc(C(=O)N2CCN(CCc3ccccc3)CC2)ccn1. The van der Waals surface area contributed by atoms with Gasteiger partial charge in [0.15, 0.2) is 0 Å². The highest BCUT2D eigenvalue weighted by Gasteiger charge is 2.22. The Balaban J connectivity index is 1.51. The van der Waals surface area contributed by atoms with Crippen LogP contribution in [0.2, 0.25) is 0 Å². The smallest absolute Gasteiger partial charge is 0.254 e. The third kappa shape index (κ3) is 5.39. The number of anilines is 1. The van der Waals surface area contributed by atoms with Gasteiger partial charge in [0.25, 0.3) is 5.91 Å². The number of rotatable bonds is 6. The summed E-state index contributed by atoms with van der Waals surface area (Å²) in [6.45, 7) is 7.82. The van der Waals surface area contributed by atoms with Crippen molar-refractivity contribution in [1.29, 1.82) is 0 Å². The number of amides is 2. The van der Waals surface area contributed by atoms with Crippen LogP contribution in [0.25, 0.3) is 0 Å². The quantitative estimate of drug-likeness (QED) is 0.837. The molecule has 3 rings (SSSR count). The molecule has 1 saturated heterocycles. The maximum absolute atomic E-state index is 12.8. The van der Waals surface area contributed by atoms with Crippen LogP contribution in [-0.4, -0.2) is 59.3 Å². The van der Waals surface area contributed by atoms with E-state index in [1.165, 1.54) is 5.56 Å². The second kappa shape index (κ2) is 9.46. The molecule has 28 heavy (non-hydrogen) atoms. The van der Waals surface area contributed by atoms with Gasteiger partial charge < -0.3 is 10.2 Å². The van der Waals surface area contributed by atoms with Crippen molar-refractivity contribution < 1.29 is 9.59 Å². The van der Waals surface area contributed by atoms with Crippen molar-refractivity contribution >= 4 is 17.6 Å². The number of pyridine rings is 1. The monoisotopic (exact) mass is 380 g/mol. The Morgan fingerprint density at radius 3 is 2.46 bits per heavy atom. The van der Waals surface area contributed by atoms with Gasteiger partial charge in [0.05, 0.1) is 0 Å². The van der Waals surface area contributed by atoms with Crippen molar-refractivity contribution in [2.75, 3.05) is 38.0 Å². The fourth-order valence-corrected chi connectivity index (χ4v) is 3.19. The summed E-state index contributed by atoms with van der Waals surface area (Å²) >= 11 is 0. The molecule has 1 aromatic carbocycles. The lowest BCUT2D eigenvalue weighted by Gasteiger charge is -2.34. The molecule has 6 heteroatoms. The first kappa shape index (κ1) is 20.0. The Hall–Kier alpha value is -2.73. The summed E-state index contributed by atoms with van der Waals surface area (Å²) in [7, 11) is 0. The third-order valence-electron chi connectivity index (χ3n) is 5.00. The lowest BCUT2D eigenvalue weighted by atomic mass is 10.1. The second-order valence-electron chi connectivity index (χ2n) is 7.44. The largest absolute Gasteiger partial charge is 0.336 e. The number of piperazine rings is 1. The van der Waals surface area contributed by atoms with Crippen LogP contribution < -0.4 is 5.32 Å². The van der Waals surface area contributed by atoms with Gasteiger partial charge >= 0.3 is 0 Å². The minimum absolute atomic E-state index is 0.00912. The Kier molecular flexibility index (Phi) is 6.76. The predicted molar refractivity (Wildman–Crippen MR) is 110 cm³/mol. The summed E-state index contributed by atoms with van der Waals surface area (Å²) in [5.74, 6) is 0.172. The van der Waals surface area contributed by atoms with E-state index in [0.717, 1.165) is 26.1 Å². The normalized spacial score (nSPS) is 14.9. The molecule has 1 aromatic heterocycles. The van der Waals surface area contributed by atoms with Gasteiger partial charge in [0, 0.05) is 50.4 Å². The number of carbonyl (C=O) groups is 2. The van der Waals surface area contributed by atoms with Gasteiger partial charge in [-0.2, -0.15) is 0 Å². The zero-order valence-electron chi connectivity index (χ0n) is 16.6. The van der Waals surface area contributed by atoms with Crippen LogP contribution in [0.4, 0.5) is 5.82 Å². The highest BCUT2D eigenvalue weighted by molar-refractivity contribution is 5.96. The third-order valence-corrected chi connectivity index (χ3v) is 5.00. The Bertz CT molecular complexity index is 799. The molecule has 0 aliphatic carbocycles. The number of nitrogens with one attached hydrogen (secondary N) is 1. The molecule has 0 unspecified atom stereocenters. The van der Waals surface area contributed by atoms with Crippen molar-refractivity contribution in [3.8, 4) is 0 Å². The molecule has 0 atom stereocenters. The molecule has 0 spiro atoms. The molecule has 0 radical (unpaired) electrons. The van der Waals surface area contributed by atoms with E-state index >= 15 is 0 Å². The van der Waals surface area contributed by atoms with Gasteiger partial charge in [-0.1, -0.05) is 44.2 Å². The minimum Gasteiger partial charge on any atom is -0.336 e. The van der Waals surface area contributed by atoms with Crippen LogP contribution >= 0.6 is 0 Å². The van der Waals surface area contributed by atoms with Crippen LogP contribution in [0.1, 0.15) is 29.8 Å². The van der Waals surface area contributed by atoms with Gasteiger partial charge in [0.1, 0.15) is 5.82 Å². The topological polar surface area (TPSA) is 65.5 Å². The zero-order valence-corrected chi connectivity index (χ0v) is 16.6. The minimum atomic E-state index is -0.134. The summed E-state index contributed by atoms with van der Waals surface area (Å²) in [5.41, 5.74) is 1.90. The van der Waals surface area contributed by atoms with Gasteiger partial charge in [-0.25, -0.2) is 4.98 Å². The van der Waals surface area contributed by atoms with Crippen molar-refractivity contribution in [1.82, 2.24) is 14.8 Å².